The van der Waals surface area contributed by atoms with Crippen molar-refractivity contribution in [3.63, 3.8) is 0 Å². The van der Waals surface area contributed by atoms with Gasteiger partial charge >= 0.3 is 0 Å². The molecule has 5 nitrogen and oxygen atoms in total. The third kappa shape index (κ3) is 2.30. The molecule has 0 aliphatic heterocycles. The Morgan fingerprint density at radius 1 is 1.53 bits per heavy atom. The van der Waals surface area contributed by atoms with Gasteiger partial charge in [-0.25, -0.2) is 14.1 Å². The van der Waals surface area contributed by atoms with Crippen molar-refractivity contribution in [3.8, 4) is 5.69 Å². The largest absolute Gasteiger partial charge is 0.355 e. The summed E-state index contributed by atoms with van der Waals surface area (Å²) in [6.45, 7) is 2.09. The quantitative estimate of drug-likeness (QED) is 0.801. The Morgan fingerprint density at radius 3 is 3.00 bits per heavy atom. The van der Waals surface area contributed by atoms with Gasteiger partial charge in [0.05, 0.1) is 5.69 Å². The molecule has 1 heterocycles. The van der Waals surface area contributed by atoms with E-state index in [0.717, 1.165) is 5.56 Å². The predicted molar refractivity (Wildman–Crippen MR) is 59.0 cm³/mol. The summed E-state index contributed by atoms with van der Waals surface area (Å²) in [6, 6.07) is 4.32. The van der Waals surface area contributed by atoms with E-state index in [1.807, 2.05) is 0 Å². The molecular formula is C11H11FN4O. The molecule has 1 aromatic carbocycles. The van der Waals surface area contributed by atoms with Crippen LogP contribution < -0.4 is 5.32 Å². The van der Waals surface area contributed by atoms with Crippen LogP contribution >= 0.6 is 0 Å². The molecular weight excluding hydrogens is 223 g/mol. The standard InChI is InChI=1S/C11H11FN4O/c1-8-14-6-15-16(8)11-4-10(12)3-2-9(11)5-13-7-17/h2-4,6-7H,5H2,1H3,(H,13,17). The lowest BCUT2D eigenvalue weighted by Crippen LogP contribution is -2.13. The number of aromatic nitrogens is 3. The Morgan fingerprint density at radius 2 is 2.35 bits per heavy atom. The topological polar surface area (TPSA) is 59.8 Å². The van der Waals surface area contributed by atoms with Gasteiger partial charge < -0.3 is 5.32 Å². The molecule has 2 rings (SSSR count). The molecule has 0 aliphatic rings. The molecule has 88 valence electrons. The maximum absolute atomic E-state index is 13.2. The van der Waals surface area contributed by atoms with Gasteiger partial charge in [-0.2, -0.15) is 5.10 Å². The Bertz CT molecular complexity index is 538. The number of benzene rings is 1. The third-order valence-corrected chi connectivity index (χ3v) is 2.37. The number of carbonyl (C=O) groups excluding carboxylic acids is 1. The van der Waals surface area contributed by atoms with E-state index in [0.29, 0.717) is 24.5 Å². The van der Waals surface area contributed by atoms with E-state index in [1.165, 1.54) is 23.1 Å². The van der Waals surface area contributed by atoms with Crippen LogP contribution in [0.3, 0.4) is 0 Å². The molecule has 1 N–H and O–H groups in total. The van der Waals surface area contributed by atoms with E-state index in [4.69, 9.17) is 0 Å². The van der Waals surface area contributed by atoms with Crippen LogP contribution in [0.4, 0.5) is 4.39 Å². The molecule has 0 saturated heterocycles. The maximum atomic E-state index is 13.2. The number of aryl methyl sites for hydroxylation is 1. The van der Waals surface area contributed by atoms with E-state index in [9.17, 15) is 9.18 Å². The van der Waals surface area contributed by atoms with Gasteiger partial charge in [-0.15, -0.1) is 0 Å². The van der Waals surface area contributed by atoms with Crippen molar-refractivity contribution in [2.45, 2.75) is 13.5 Å². The molecule has 0 atom stereocenters. The molecule has 0 fully saturated rings. The number of hydrogen-bond donors (Lipinski definition) is 1. The van der Waals surface area contributed by atoms with Crippen LogP contribution in [0.1, 0.15) is 11.4 Å². The van der Waals surface area contributed by atoms with Crippen LogP contribution in [-0.4, -0.2) is 21.2 Å². The second-order valence-electron chi connectivity index (χ2n) is 3.49. The zero-order valence-electron chi connectivity index (χ0n) is 9.22. The number of hydrogen-bond acceptors (Lipinski definition) is 3. The van der Waals surface area contributed by atoms with Crippen LogP contribution in [0.25, 0.3) is 5.69 Å². The van der Waals surface area contributed by atoms with Gasteiger partial charge in [0.25, 0.3) is 0 Å². The smallest absolute Gasteiger partial charge is 0.207 e. The summed E-state index contributed by atoms with van der Waals surface area (Å²) in [5.74, 6) is 0.299. The third-order valence-electron chi connectivity index (χ3n) is 2.37. The summed E-state index contributed by atoms with van der Waals surface area (Å²) >= 11 is 0. The lowest BCUT2D eigenvalue weighted by Gasteiger charge is -2.10. The summed E-state index contributed by atoms with van der Waals surface area (Å²) in [5.41, 5.74) is 1.35. The maximum Gasteiger partial charge on any atom is 0.207 e. The number of nitrogens with one attached hydrogen (secondary N) is 1. The van der Waals surface area contributed by atoms with Crippen molar-refractivity contribution < 1.29 is 9.18 Å². The van der Waals surface area contributed by atoms with Crippen molar-refractivity contribution >= 4 is 6.41 Å². The van der Waals surface area contributed by atoms with Gasteiger partial charge in [0.2, 0.25) is 6.41 Å². The summed E-state index contributed by atoms with van der Waals surface area (Å²) in [7, 11) is 0. The Kier molecular flexibility index (Phi) is 3.13. The SMILES string of the molecule is Cc1ncnn1-c1cc(F)ccc1CNC=O. The van der Waals surface area contributed by atoms with Crippen molar-refractivity contribution in [1.29, 1.82) is 0 Å². The highest BCUT2D eigenvalue weighted by Gasteiger charge is 2.09. The molecule has 0 aliphatic carbocycles. The Balaban J connectivity index is 2.47. The molecule has 1 amide bonds. The molecule has 0 saturated carbocycles. The molecule has 6 heteroatoms. The van der Waals surface area contributed by atoms with Gasteiger partial charge in [0.15, 0.2) is 0 Å². The second kappa shape index (κ2) is 4.73. The molecule has 17 heavy (non-hydrogen) atoms. The zero-order chi connectivity index (χ0) is 12.3. The van der Waals surface area contributed by atoms with Crippen LogP contribution in [0, 0.1) is 12.7 Å². The van der Waals surface area contributed by atoms with Crippen LogP contribution in [0.5, 0.6) is 0 Å². The number of nitrogens with zero attached hydrogens (tertiary/aromatic N) is 3. The Hall–Kier alpha value is -2.24. The fourth-order valence-electron chi connectivity index (χ4n) is 1.57. The van der Waals surface area contributed by atoms with E-state index in [1.54, 1.807) is 13.0 Å². The highest BCUT2D eigenvalue weighted by Crippen LogP contribution is 2.16. The van der Waals surface area contributed by atoms with Gasteiger partial charge in [-0.05, 0) is 24.6 Å². The number of rotatable bonds is 4. The molecule has 0 spiro atoms. The van der Waals surface area contributed by atoms with E-state index < -0.39 is 0 Å². The summed E-state index contributed by atoms with van der Waals surface area (Å²) in [6.07, 6.45) is 2.00. The van der Waals surface area contributed by atoms with Crippen molar-refractivity contribution in [2.75, 3.05) is 0 Å². The van der Waals surface area contributed by atoms with Gasteiger partial charge in [-0.1, -0.05) is 6.07 Å². The average Bonchev–Trinajstić information content (AvgIpc) is 2.74. The fourth-order valence-corrected chi connectivity index (χ4v) is 1.57. The van der Waals surface area contributed by atoms with E-state index in [-0.39, 0.29) is 5.82 Å². The monoisotopic (exact) mass is 234 g/mol. The van der Waals surface area contributed by atoms with Crippen molar-refractivity contribution in [2.24, 2.45) is 0 Å². The highest BCUT2D eigenvalue weighted by atomic mass is 19.1. The molecule has 0 unspecified atom stereocenters. The predicted octanol–water partition coefficient (Wildman–Crippen LogP) is 0.961. The zero-order valence-corrected chi connectivity index (χ0v) is 9.22. The molecule has 1 aromatic heterocycles. The van der Waals surface area contributed by atoms with Crippen molar-refractivity contribution in [3.05, 3.63) is 41.7 Å². The first kappa shape index (κ1) is 11.3. The summed E-state index contributed by atoms with van der Waals surface area (Å²) in [4.78, 5) is 14.3. The van der Waals surface area contributed by atoms with Gasteiger partial charge in [0.1, 0.15) is 18.0 Å². The van der Waals surface area contributed by atoms with Crippen LogP contribution in [0.15, 0.2) is 24.5 Å². The van der Waals surface area contributed by atoms with Crippen molar-refractivity contribution in [1.82, 2.24) is 20.1 Å². The van der Waals surface area contributed by atoms with Crippen LogP contribution in [0.2, 0.25) is 0 Å². The number of carbonyl (C=O) groups is 1. The lowest BCUT2D eigenvalue weighted by atomic mass is 10.1. The Labute approximate surface area is 97.3 Å². The number of amides is 1. The first-order valence-electron chi connectivity index (χ1n) is 5.05. The highest BCUT2D eigenvalue weighted by molar-refractivity contribution is 5.48. The van der Waals surface area contributed by atoms with Crippen LogP contribution in [-0.2, 0) is 11.3 Å². The summed E-state index contributed by atoms with van der Waals surface area (Å²) < 4.78 is 14.8. The average molecular weight is 234 g/mol. The lowest BCUT2D eigenvalue weighted by molar-refractivity contribution is -0.109. The number of halogens is 1. The molecule has 0 bridgehead atoms. The first-order chi connectivity index (χ1) is 8.22. The minimum absolute atomic E-state index is 0.318. The summed E-state index contributed by atoms with van der Waals surface area (Å²) in [5, 5.41) is 6.56. The molecule has 0 radical (unpaired) electrons. The minimum Gasteiger partial charge on any atom is -0.355 e. The fraction of sp³-hybridized carbons (Fsp3) is 0.182. The van der Waals surface area contributed by atoms with E-state index >= 15 is 0 Å². The normalized spacial score (nSPS) is 10.2. The minimum atomic E-state index is -0.357. The molecule has 2 aromatic rings. The van der Waals surface area contributed by atoms with E-state index in [2.05, 4.69) is 15.4 Å². The van der Waals surface area contributed by atoms with Gasteiger partial charge in [0, 0.05) is 6.54 Å². The van der Waals surface area contributed by atoms with Gasteiger partial charge in [-0.3, -0.25) is 4.79 Å². The first-order valence-corrected chi connectivity index (χ1v) is 5.05. The second-order valence-corrected chi connectivity index (χ2v) is 3.49.